The van der Waals surface area contributed by atoms with Crippen LogP contribution in [-0.2, 0) is 19.6 Å². The van der Waals surface area contributed by atoms with Crippen LogP contribution in [0.2, 0.25) is 0 Å². The van der Waals surface area contributed by atoms with Crippen LogP contribution in [0.4, 0.5) is 18.0 Å². The first-order valence-corrected chi connectivity index (χ1v) is 9.63. The molecule has 1 saturated heterocycles. The quantitative estimate of drug-likeness (QED) is 0.799. The number of hydrogen-bond acceptors (Lipinski definition) is 4. The second-order valence-electron chi connectivity index (χ2n) is 7.79. The molecule has 1 aromatic carbocycles. The highest BCUT2D eigenvalue weighted by Crippen LogP contribution is 2.49. The number of aryl methyl sites for hydroxylation is 1. The van der Waals surface area contributed by atoms with Gasteiger partial charge in [0, 0.05) is 20.1 Å². The number of carbonyl (C=O) groups excluding carboxylic acids is 1. The highest BCUT2D eigenvalue weighted by atomic mass is 19.4. The second-order valence-corrected chi connectivity index (χ2v) is 7.79. The standard InChI is InChI=1S/C20H23F3N4O2/c1-26-11-18(25-12-26)29-19(28)27(10-17-15-8-24-9-16(15)17)6-5-13-3-2-4-14(7-13)20(21,22)23/h2-4,7,11-12,15-17,24H,5-6,8-10H2,1H3. The lowest BCUT2D eigenvalue weighted by atomic mass is 10.1. The number of amides is 1. The number of alkyl halides is 3. The Morgan fingerprint density at radius 2 is 2.10 bits per heavy atom. The summed E-state index contributed by atoms with van der Waals surface area (Å²) in [6.45, 7) is 2.73. The Bertz CT molecular complexity index is 873. The maximum Gasteiger partial charge on any atom is 0.416 e. The van der Waals surface area contributed by atoms with E-state index in [1.807, 2.05) is 0 Å². The average Bonchev–Trinajstić information content (AvgIpc) is 3.02. The molecule has 2 heterocycles. The van der Waals surface area contributed by atoms with Gasteiger partial charge in [-0.2, -0.15) is 13.2 Å². The van der Waals surface area contributed by atoms with Crippen LogP contribution in [-0.4, -0.2) is 46.7 Å². The summed E-state index contributed by atoms with van der Waals surface area (Å²) in [4.78, 5) is 18.3. The summed E-state index contributed by atoms with van der Waals surface area (Å²) >= 11 is 0. The lowest BCUT2D eigenvalue weighted by Gasteiger charge is -2.22. The van der Waals surface area contributed by atoms with Gasteiger partial charge in [0.25, 0.3) is 0 Å². The smallest absolute Gasteiger partial charge is 0.389 e. The van der Waals surface area contributed by atoms with Gasteiger partial charge in [-0.15, -0.1) is 0 Å². The molecule has 2 fully saturated rings. The SMILES string of the molecule is Cn1cnc(OC(=O)N(CCc2cccc(C(F)(F)F)c2)CC2C3CNCC32)c1. The molecule has 4 rings (SSSR count). The Balaban J connectivity index is 1.42. The van der Waals surface area contributed by atoms with E-state index in [2.05, 4.69) is 10.3 Å². The van der Waals surface area contributed by atoms with Crippen molar-refractivity contribution in [2.24, 2.45) is 24.8 Å². The molecule has 2 unspecified atom stereocenters. The summed E-state index contributed by atoms with van der Waals surface area (Å²) in [5, 5.41) is 3.32. The van der Waals surface area contributed by atoms with Gasteiger partial charge in [-0.1, -0.05) is 18.2 Å². The molecule has 1 saturated carbocycles. The fourth-order valence-corrected chi connectivity index (χ4v) is 4.09. The molecule has 1 aromatic heterocycles. The number of aromatic nitrogens is 2. The topological polar surface area (TPSA) is 59.4 Å². The molecule has 9 heteroatoms. The van der Waals surface area contributed by atoms with Gasteiger partial charge in [0.2, 0.25) is 5.88 Å². The van der Waals surface area contributed by atoms with Crippen molar-refractivity contribution in [2.75, 3.05) is 26.2 Å². The maximum absolute atomic E-state index is 13.0. The highest BCUT2D eigenvalue weighted by Gasteiger charge is 2.53. The Labute approximate surface area is 166 Å². The van der Waals surface area contributed by atoms with Gasteiger partial charge in [-0.3, -0.25) is 0 Å². The van der Waals surface area contributed by atoms with Gasteiger partial charge in [-0.25, -0.2) is 9.78 Å². The zero-order valence-corrected chi connectivity index (χ0v) is 16.0. The van der Waals surface area contributed by atoms with Crippen molar-refractivity contribution in [3.63, 3.8) is 0 Å². The highest BCUT2D eigenvalue weighted by molar-refractivity contribution is 5.70. The largest absolute Gasteiger partial charge is 0.416 e. The zero-order chi connectivity index (χ0) is 20.6. The van der Waals surface area contributed by atoms with Crippen LogP contribution >= 0.6 is 0 Å². The first-order valence-electron chi connectivity index (χ1n) is 9.63. The molecule has 6 nitrogen and oxygen atoms in total. The van der Waals surface area contributed by atoms with Crippen LogP contribution < -0.4 is 10.1 Å². The van der Waals surface area contributed by atoms with E-state index in [0.717, 1.165) is 25.2 Å². The molecule has 1 aliphatic heterocycles. The van der Waals surface area contributed by atoms with Crippen molar-refractivity contribution in [3.05, 3.63) is 47.9 Å². The minimum absolute atomic E-state index is 0.208. The van der Waals surface area contributed by atoms with E-state index in [1.54, 1.807) is 28.8 Å². The summed E-state index contributed by atoms with van der Waals surface area (Å²) in [5.74, 6) is 1.75. The molecular weight excluding hydrogens is 385 g/mol. The van der Waals surface area contributed by atoms with Crippen LogP contribution in [0.25, 0.3) is 0 Å². The normalized spacial score (nSPS) is 23.0. The van der Waals surface area contributed by atoms with E-state index in [-0.39, 0.29) is 12.4 Å². The number of imidazole rings is 1. The van der Waals surface area contributed by atoms with E-state index in [0.29, 0.717) is 36.3 Å². The maximum atomic E-state index is 13.0. The lowest BCUT2D eigenvalue weighted by Crippen LogP contribution is -2.38. The number of nitrogens with one attached hydrogen (secondary N) is 1. The van der Waals surface area contributed by atoms with Gasteiger partial charge in [0.1, 0.15) is 0 Å². The molecule has 2 aliphatic rings. The zero-order valence-electron chi connectivity index (χ0n) is 16.0. The number of carbonyl (C=O) groups is 1. The van der Waals surface area contributed by atoms with Crippen LogP contribution in [0.15, 0.2) is 36.8 Å². The number of fused-ring (bicyclic) bond motifs is 1. The van der Waals surface area contributed by atoms with Crippen molar-refractivity contribution >= 4 is 6.09 Å². The van der Waals surface area contributed by atoms with Gasteiger partial charge in [-0.05, 0) is 48.9 Å². The monoisotopic (exact) mass is 408 g/mol. The van der Waals surface area contributed by atoms with E-state index < -0.39 is 17.8 Å². The fraction of sp³-hybridized carbons (Fsp3) is 0.500. The van der Waals surface area contributed by atoms with E-state index in [1.165, 1.54) is 12.4 Å². The van der Waals surface area contributed by atoms with Crippen LogP contribution in [0.3, 0.4) is 0 Å². The predicted octanol–water partition coefficient (Wildman–Crippen LogP) is 2.95. The molecule has 1 amide bonds. The molecule has 0 spiro atoms. The summed E-state index contributed by atoms with van der Waals surface area (Å²) < 4.78 is 45.9. The van der Waals surface area contributed by atoms with E-state index >= 15 is 0 Å². The number of benzene rings is 1. The number of hydrogen-bond donors (Lipinski definition) is 1. The molecule has 156 valence electrons. The van der Waals surface area contributed by atoms with Crippen LogP contribution in [0.5, 0.6) is 5.88 Å². The summed E-state index contributed by atoms with van der Waals surface area (Å²) in [5.41, 5.74) is -0.145. The number of piperidine rings is 1. The van der Waals surface area contributed by atoms with Gasteiger partial charge < -0.3 is 19.5 Å². The van der Waals surface area contributed by atoms with E-state index in [4.69, 9.17) is 4.74 Å². The minimum Gasteiger partial charge on any atom is -0.389 e. The number of ether oxygens (including phenoxy) is 1. The number of halogens is 3. The average molecular weight is 408 g/mol. The van der Waals surface area contributed by atoms with Crippen molar-refractivity contribution in [1.29, 1.82) is 0 Å². The lowest BCUT2D eigenvalue weighted by molar-refractivity contribution is -0.137. The molecule has 2 atom stereocenters. The van der Waals surface area contributed by atoms with Crippen molar-refractivity contribution in [3.8, 4) is 5.88 Å². The third-order valence-electron chi connectivity index (χ3n) is 5.76. The molecule has 29 heavy (non-hydrogen) atoms. The fourth-order valence-electron chi connectivity index (χ4n) is 4.09. The second kappa shape index (κ2) is 7.70. The number of nitrogens with zero attached hydrogens (tertiary/aromatic N) is 3. The number of rotatable bonds is 6. The molecule has 1 N–H and O–H groups in total. The van der Waals surface area contributed by atoms with Crippen molar-refractivity contribution in [1.82, 2.24) is 19.8 Å². The Kier molecular flexibility index (Phi) is 5.24. The Hall–Kier alpha value is -2.55. The minimum atomic E-state index is -4.38. The summed E-state index contributed by atoms with van der Waals surface area (Å²) in [6, 6.07) is 5.23. The van der Waals surface area contributed by atoms with Gasteiger partial charge >= 0.3 is 12.3 Å². The van der Waals surface area contributed by atoms with Crippen LogP contribution in [0.1, 0.15) is 11.1 Å². The first-order chi connectivity index (χ1) is 13.8. The summed E-state index contributed by atoms with van der Waals surface area (Å²) in [6.07, 6.45) is -1.45. The molecule has 1 aliphatic carbocycles. The first kappa shape index (κ1) is 19.8. The van der Waals surface area contributed by atoms with E-state index in [9.17, 15) is 18.0 Å². The molecule has 0 radical (unpaired) electrons. The molecular formula is C20H23F3N4O2. The predicted molar refractivity (Wildman–Crippen MR) is 99.3 cm³/mol. The Morgan fingerprint density at radius 1 is 1.34 bits per heavy atom. The van der Waals surface area contributed by atoms with Gasteiger partial charge in [0.05, 0.1) is 18.1 Å². The Morgan fingerprint density at radius 3 is 2.76 bits per heavy atom. The third kappa shape index (κ3) is 4.55. The summed E-state index contributed by atoms with van der Waals surface area (Å²) in [7, 11) is 1.77. The molecule has 2 aromatic rings. The van der Waals surface area contributed by atoms with Crippen molar-refractivity contribution in [2.45, 2.75) is 12.6 Å². The van der Waals surface area contributed by atoms with Crippen molar-refractivity contribution < 1.29 is 22.7 Å². The van der Waals surface area contributed by atoms with Gasteiger partial charge in [0.15, 0.2) is 0 Å². The molecule has 0 bridgehead atoms. The van der Waals surface area contributed by atoms with Crippen LogP contribution in [0, 0.1) is 17.8 Å². The third-order valence-corrected chi connectivity index (χ3v) is 5.76.